The summed E-state index contributed by atoms with van der Waals surface area (Å²) in [4.78, 5) is 13.7. The number of hydrogen-bond donors (Lipinski definition) is 0. The molecule has 0 bridgehead atoms. The van der Waals surface area contributed by atoms with Gasteiger partial charge in [0.05, 0.1) is 0 Å². The normalized spacial score (nSPS) is 16.2. The number of carbonyl (C=O) groups excluding carboxylic acids is 1. The molecule has 1 aliphatic heterocycles. The monoisotopic (exact) mass is 245 g/mol. The summed E-state index contributed by atoms with van der Waals surface area (Å²) in [5.74, 6) is 0. The molecule has 0 N–H and O–H groups in total. The van der Waals surface area contributed by atoms with Gasteiger partial charge in [0.1, 0.15) is 6.61 Å². The lowest BCUT2D eigenvalue weighted by atomic mass is 10.1. The van der Waals surface area contributed by atoms with Gasteiger partial charge >= 0.3 is 6.09 Å². The molecular weight excluding hydrogens is 226 g/mol. The van der Waals surface area contributed by atoms with Crippen LogP contribution in [0.5, 0.6) is 0 Å². The fourth-order valence-corrected chi connectivity index (χ4v) is 2.04. The van der Waals surface area contributed by atoms with Gasteiger partial charge in [-0.25, -0.2) is 4.79 Å². The first kappa shape index (κ1) is 12.7. The summed E-state index contributed by atoms with van der Waals surface area (Å²) in [6.07, 6.45) is 2.68. The van der Waals surface area contributed by atoms with E-state index >= 15 is 0 Å². The first-order valence-corrected chi connectivity index (χ1v) is 6.38. The highest BCUT2D eigenvalue weighted by molar-refractivity contribution is 5.67. The van der Waals surface area contributed by atoms with Crippen LogP contribution in [0.3, 0.4) is 0 Å². The molecule has 1 heterocycles. The molecule has 1 aliphatic rings. The van der Waals surface area contributed by atoms with Gasteiger partial charge in [0, 0.05) is 13.1 Å². The van der Waals surface area contributed by atoms with E-state index in [2.05, 4.69) is 6.58 Å². The fraction of sp³-hybridized carbons (Fsp3) is 0.400. The molecule has 18 heavy (non-hydrogen) atoms. The predicted molar refractivity (Wildman–Crippen MR) is 71.2 cm³/mol. The zero-order valence-electron chi connectivity index (χ0n) is 10.6. The van der Waals surface area contributed by atoms with Crippen molar-refractivity contribution in [2.45, 2.75) is 25.9 Å². The molecule has 1 saturated heterocycles. The third-order valence-electron chi connectivity index (χ3n) is 3.16. The number of hydrogen-bond acceptors (Lipinski definition) is 2. The fourth-order valence-electron chi connectivity index (χ4n) is 2.04. The van der Waals surface area contributed by atoms with Crippen molar-refractivity contribution >= 4 is 6.09 Å². The minimum atomic E-state index is -0.214. The Labute approximate surface area is 108 Å². The van der Waals surface area contributed by atoms with Crippen LogP contribution in [-0.4, -0.2) is 24.1 Å². The third kappa shape index (κ3) is 3.62. The Morgan fingerprint density at radius 2 is 2.00 bits per heavy atom. The first-order chi connectivity index (χ1) is 8.75. The Morgan fingerprint density at radius 3 is 2.78 bits per heavy atom. The summed E-state index contributed by atoms with van der Waals surface area (Å²) in [5.41, 5.74) is 2.25. The number of rotatable bonds is 2. The van der Waals surface area contributed by atoms with Crippen LogP contribution >= 0.6 is 0 Å². The third-order valence-corrected chi connectivity index (χ3v) is 3.16. The molecule has 0 aliphatic carbocycles. The second-order valence-corrected chi connectivity index (χ2v) is 4.63. The summed E-state index contributed by atoms with van der Waals surface area (Å²) < 4.78 is 5.32. The Bertz CT molecular complexity index is 414. The summed E-state index contributed by atoms with van der Waals surface area (Å²) in [7, 11) is 0. The van der Waals surface area contributed by atoms with Crippen molar-refractivity contribution in [2.24, 2.45) is 0 Å². The van der Waals surface area contributed by atoms with Gasteiger partial charge in [-0.05, 0) is 24.8 Å². The standard InChI is InChI=1S/C15H19NO2/c1-13-6-5-10-16(11-9-13)15(17)18-12-14-7-3-2-4-8-14/h2-4,7-8H,1,5-6,9-12H2. The Hall–Kier alpha value is -1.77. The first-order valence-electron chi connectivity index (χ1n) is 6.38. The van der Waals surface area contributed by atoms with E-state index in [1.807, 2.05) is 30.3 Å². The Balaban J connectivity index is 1.82. The number of ether oxygens (including phenoxy) is 1. The summed E-state index contributed by atoms with van der Waals surface area (Å²) in [5, 5.41) is 0. The van der Waals surface area contributed by atoms with Crippen molar-refractivity contribution in [1.82, 2.24) is 4.90 Å². The molecule has 0 unspecified atom stereocenters. The lowest BCUT2D eigenvalue weighted by Gasteiger charge is -2.19. The van der Waals surface area contributed by atoms with E-state index in [1.165, 1.54) is 5.57 Å². The van der Waals surface area contributed by atoms with E-state index in [-0.39, 0.29) is 6.09 Å². The van der Waals surface area contributed by atoms with Gasteiger partial charge in [-0.3, -0.25) is 0 Å². The smallest absolute Gasteiger partial charge is 0.410 e. The van der Waals surface area contributed by atoms with Crippen LogP contribution < -0.4 is 0 Å². The SMILES string of the molecule is C=C1CCCN(C(=O)OCc2ccccc2)CC1. The Morgan fingerprint density at radius 1 is 1.22 bits per heavy atom. The maximum Gasteiger partial charge on any atom is 0.410 e. The number of carbonyl (C=O) groups is 1. The quantitative estimate of drug-likeness (QED) is 0.748. The molecule has 1 aromatic rings. The van der Waals surface area contributed by atoms with E-state index in [1.54, 1.807) is 4.90 Å². The van der Waals surface area contributed by atoms with Gasteiger partial charge in [0.25, 0.3) is 0 Å². The molecule has 0 spiro atoms. The van der Waals surface area contributed by atoms with E-state index in [0.717, 1.165) is 37.9 Å². The summed E-state index contributed by atoms with van der Waals surface area (Å²) >= 11 is 0. The number of likely N-dealkylation sites (tertiary alicyclic amines) is 1. The van der Waals surface area contributed by atoms with E-state index < -0.39 is 0 Å². The van der Waals surface area contributed by atoms with Crippen molar-refractivity contribution in [3.8, 4) is 0 Å². The van der Waals surface area contributed by atoms with Crippen LogP contribution in [0.15, 0.2) is 42.5 Å². The molecule has 1 aromatic carbocycles. The van der Waals surface area contributed by atoms with Crippen molar-refractivity contribution in [2.75, 3.05) is 13.1 Å². The number of nitrogens with zero attached hydrogens (tertiary/aromatic N) is 1. The van der Waals surface area contributed by atoms with E-state index in [0.29, 0.717) is 6.61 Å². The molecule has 0 aromatic heterocycles. The van der Waals surface area contributed by atoms with Crippen LogP contribution in [0.25, 0.3) is 0 Å². The maximum atomic E-state index is 11.9. The van der Waals surface area contributed by atoms with Gasteiger partial charge in [-0.2, -0.15) is 0 Å². The highest BCUT2D eigenvalue weighted by atomic mass is 16.6. The van der Waals surface area contributed by atoms with Crippen LogP contribution in [0.2, 0.25) is 0 Å². The Kier molecular flexibility index (Phi) is 4.40. The zero-order chi connectivity index (χ0) is 12.8. The lowest BCUT2D eigenvalue weighted by Crippen LogP contribution is -2.32. The summed E-state index contributed by atoms with van der Waals surface area (Å²) in [6.45, 7) is 5.83. The van der Waals surface area contributed by atoms with Crippen LogP contribution in [-0.2, 0) is 11.3 Å². The molecule has 3 nitrogen and oxygen atoms in total. The summed E-state index contributed by atoms with van der Waals surface area (Å²) in [6, 6.07) is 9.75. The van der Waals surface area contributed by atoms with Gasteiger partial charge < -0.3 is 9.64 Å². The van der Waals surface area contributed by atoms with E-state index in [4.69, 9.17) is 4.74 Å². The van der Waals surface area contributed by atoms with Gasteiger partial charge in [-0.1, -0.05) is 42.5 Å². The zero-order valence-corrected chi connectivity index (χ0v) is 10.6. The number of benzene rings is 1. The topological polar surface area (TPSA) is 29.5 Å². The predicted octanol–water partition coefficient (Wildman–Crippen LogP) is 3.37. The largest absolute Gasteiger partial charge is 0.445 e. The molecule has 1 amide bonds. The van der Waals surface area contributed by atoms with Gasteiger partial charge in [0.2, 0.25) is 0 Å². The van der Waals surface area contributed by atoms with Crippen molar-refractivity contribution in [1.29, 1.82) is 0 Å². The maximum absolute atomic E-state index is 11.9. The molecule has 0 atom stereocenters. The molecule has 96 valence electrons. The van der Waals surface area contributed by atoms with Crippen LogP contribution in [0.1, 0.15) is 24.8 Å². The average Bonchev–Trinajstić information content (AvgIpc) is 2.62. The van der Waals surface area contributed by atoms with Crippen LogP contribution in [0.4, 0.5) is 4.79 Å². The lowest BCUT2D eigenvalue weighted by molar-refractivity contribution is 0.0977. The minimum Gasteiger partial charge on any atom is -0.445 e. The molecule has 2 rings (SSSR count). The van der Waals surface area contributed by atoms with Crippen molar-refractivity contribution in [3.63, 3.8) is 0 Å². The van der Waals surface area contributed by atoms with Gasteiger partial charge in [-0.15, -0.1) is 0 Å². The average molecular weight is 245 g/mol. The highest BCUT2D eigenvalue weighted by Crippen LogP contribution is 2.15. The molecule has 0 saturated carbocycles. The highest BCUT2D eigenvalue weighted by Gasteiger charge is 2.17. The van der Waals surface area contributed by atoms with E-state index in [9.17, 15) is 4.79 Å². The van der Waals surface area contributed by atoms with Gasteiger partial charge in [0.15, 0.2) is 0 Å². The molecular formula is C15H19NO2. The molecule has 1 fully saturated rings. The number of amides is 1. The minimum absolute atomic E-state index is 0.214. The van der Waals surface area contributed by atoms with Crippen molar-refractivity contribution in [3.05, 3.63) is 48.0 Å². The second kappa shape index (κ2) is 6.24. The van der Waals surface area contributed by atoms with Crippen LogP contribution in [0, 0.1) is 0 Å². The second-order valence-electron chi connectivity index (χ2n) is 4.63. The molecule has 0 radical (unpaired) electrons. The molecule has 3 heteroatoms. The van der Waals surface area contributed by atoms with Crippen molar-refractivity contribution < 1.29 is 9.53 Å².